The molecule has 2 aromatic carbocycles. The summed E-state index contributed by atoms with van der Waals surface area (Å²) in [6, 6.07) is 14.5. The van der Waals surface area contributed by atoms with Crippen LogP contribution in [0.1, 0.15) is 29.7 Å². The van der Waals surface area contributed by atoms with Crippen molar-refractivity contribution in [2.45, 2.75) is 26.5 Å². The summed E-state index contributed by atoms with van der Waals surface area (Å²) in [6.07, 6.45) is 0. The number of benzene rings is 2. The molecule has 1 unspecified atom stereocenters. The Bertz CT molecular complexity index is 578. The molecule has 0 aromatic heterocycles. The average Bonchev–Trinajstić information content (AvgIpc) is 2.52. The fourth-order valence-corrected chi connectivity index (χ4v) is 2.16. The molecular formula is C18H23NO2. The van der Waals surface area contributed by atoms with Crippen LogP contribution in [-0.4, -0.2) is 14.2 Å². The molecule has 0 amide bonds. The lowest BCUT2D eigenvalue weighted by atomic mass is 10.1. The summed E-state index contributed by atoms with van der Waals surface area (Å²) in [7, 11) is 3.63. The molecule has 0 aliphatic heterocycles. The summed E-state index contributed by atoms with van der Waals surface area (Å²) < 4.78 is 11.2. The second kappa shape index (κ2) is 7.14. The first-order chi connectivity index (χ1) is 10.1. The minimum atomic E-state index is 0.261. The highest BCUT2D eigenvalue weighted by atomic mass is 16.5. The van der Waals surface area contributed by atoms with E-state index in [1.807, 2.05) is 31.3 Å². The maximum atomic E-state index is 6.02. The van der Waals surface area contributed by atoms with E-state index in [2.05, 4.69) is 37.4 Å². The van der Waals surface area contributed by atoms with E-state index in [-0.39, 0.29) is 6.04 Å². The quantitative estimate of drug-likeness (QED) is 0.874. The number of ether oxygens (including phenoxy) is 2. The molecule has 0 radical (unpaired) electrons. The Kier molecular flexibility index (Phi) is 5.23. The number of methoxy groups -OCH3 is 1. The van der Waals surface area contributed by atoms with Gasteiger partial charge in [-0.1, -0.05) is 24.3 Å². The highest BCUT2D eigenvalue weighted by Gasteiger charge is 2.10. The van der Waals surface area contributed by atoms with Gasteiger partial charge in [0.05, 0.1) is 7.11 Å². The Hall–Kier alpha value is -2.00. The van der Waals surface area contributed by atoms with Crippen LogP contribution in [0.4, 0.5) is 0 Å². The average molecular weight is 285 g/mol. The second-order valence-corrected chi connectivity index (χ2v) is 5.19. The van der Waals surface area contributed by atoms with E-state index >= 15 is 0 Å². The van der Waals surface area contributed by atoms with Gasteiger partial charge in [-0.25, -0.2) is 0 Å². The molecular weight excluding hydrogens is 262 g/mol. The van der Waals surface area contributed by atoms with Gasteiger partial charge >= 0.3 is 0 Å². The molecule has 21 heavy (non-hydrogen) atoms. The van der Waals surface area contributed by atoms with Crippen LogP contribution in [0.2, 0.25) is 0 Å². The molecule has 1 atom stereocenters. The van der Waals surface area contributed by atoms with Crippen LogP contribution in [-0.2, 0) is 6.61 Å². The van der Waals surface area contributed by atoms with Crippen molar-refractivity contribution in [2.75, 3.05) is 14.2 Å². The van der Waals surface area contributed by atoms with E-state index in [0.717, 1.165) is 17.1 Å². The first-order valence-electron chi connectivity index (χ1n) is 7.17. The van der Waals surface area contributed by atoms with Crippen LogP contribution in [0.3, 0.4) is 0 Å². The van der Waals surface area contributed by atoms with E-state index in [1.165, 1.54) is 11.1 Å². The molecule has 0 aliphatic carbocycles. The summed E-state index contributed by atoms with van der Waals surface area (Å²) in [4.78, 5) is 0. The highest BCUT2D eigenvalue weighted by molar-refractivity contribution is 5.39. The van der Waals surface area contributed by atoms with Crippen molar-refractivity contribution in [3.05, 3.63) is 59.2 Å². The van der Waals surface area contributed by atoms with Crippen LogP contribution >= 0.6 is 0 Å². The standard InChI is InChI=1S/C18H23NO2/c1-13-5-10-17(14(2)19-3)18(11-13)21-12-15-6-8-16(20-4)9-7-15/h5-11,14,19H,12H2,1-4H3. The fourth-order valence-electron chi connectivity index (χ4n) is 2.16. The van der Waals surface area contributed by atoms with Crippen LogP contribution in [0.15, 0.2) is 42.5 Å². The zero-order valence-corrected chi connectivity index (χ0v) is 13.1. The van der Waals surface area contributed by atoms with Gasteiger partial charge in [0.25, 0.3) is 0 Å². The predicted octanol–water partition coefficient (Wildman–Crippen LogP) is 3.86. The van der Waals surface area contributed by atoms with Crippen LogP contribution in [0.5, 0.6) is 11.5 Å². The van der Waals surface area contributed by atoms with E-state index in [4.69, 9.17) is 9.47 Å². The topological polar surface area (TPSA) is 30.5 Å². The molecule has 2 aromatic rings. The third-order valence-electron chi connectivity index (χ3n) is 3.62. The summed E-state index contributed by atoms with van der Waals surface area (Å²) in [5.74, 6) is 1.80. The summed E-state index contributed by atoms with van der Waals surface area (Å²) in [5, 5.41) is 3.26. The molecule has 0 aliphatic rings. The van der Waals surface area contributed by atoms with E-state index in [0.29, 0.717) is 6.61 Å². The van der Waals surface area contributed by atoms with Crippen molar-refractivity contribution < 1.29 is 9.47 Å². The lowest BCUT2D eigenvalue weighted by Gasteiger charge is -2.17. The van der Waals surface area contributed by atoms with Crippen LogP contribution in [0.25, 0.3) is 0 Å². The summed E-state index contributed by atoms with van der Waals surface area (Å²) >= 11 is 0. The third kappa shape index (κ3) is 3.99. The number of hydrogen-bond acceptors (Lipinski definition) is 3. The van der Waals surface area contributed by atoms with Gasteiger partial charge in [0.15, 0.2) is 0 Å². The first-order valence-corrected chi connectivity index (χ1v) is 7.17. The lowest BCUT2D eigenvalue weighted by Crippen LogP contribution is -2.13. The Morgan fingerprint density at radius 2 is 1.81 bits per heavy atom. The van der Waals surface area contributed by atoms with Crippen molar-refractivity contribution in [3.63, 3.8) is 0 Å². The van der Waals surface area contributed by atoms with Crippen molar-refractivity contribution in [3.8, 4) is 11.5 Å². The van der Waals surface area contributed by atoms with E-state index in [9.17, 15) is 0 Å². The molecule has 0 saturated carbocycles. The Morgan fingerprint density at radius 1 is 1.10 bits per heavy atom. The molecule has 3 heteroatoms. The maximum absolute atomic E-state index is 6.02. The third-order valence-corrected chi connectivity index (χ3v) is 3.62. The zero-order valence-electron chi connectivity index (χ0n) is 13.1. The summed E-state index contributed by atoms with van der Waals surface area (Å²) in [5.41, 5.74) is 3.50. The molecule has 1 N–H and O–H groups in total. The minimum Gasteiger partial charge on any atom is -0.497 e. The van der Waals surface area contributed by atoms with E-state index in [1.54, 1.807) is 7.11 Å². The molecule has 0 saturated heterocycles. The smallest absolute Gasteiger partial charge is 0.124 e. The van der Waals surface area contributed by atoms with Gasteiger partial charge in [-0.2, -0.15) is 0 Å². The van der Waals surface area contributed by atoms with Gasteiger partial charge in [0, 0.05) is 11.6 Å². The molecule has 3 nitrogen and oxygen atoms in total. The second-order valence-electron chi connectivity index (χ2n) is 5.19. The highest BCUT2D eigenvalue weighted by Crippen LogP contribution is 2.27. The minimum absolute atomic E-state index is 0.261. The van der Waals surface area contributed by atoms with Gasteiger partial charge in [0.1, 0.15) is 18.1 Å². The molecule has 0 bridgehead atoms. The molecule has 2 rings (SSSR count). The van der Waals surface area contributed by atoms with Gasteiger partial charge in [-0.05, 0) is 50.2 Å². The summed E-state index contributed by atoms with van der Waals surface area (Å²) in [6.45, 7) is 4.76. The number of aryl methyl sites for hydroxylation is 1. The maximum Gasteiger partial charge on any atom is 0.124 e. The van der Waals surface area contributed by atoms with Crippen molar-refractivity contribution in [1.82, 2.24) is 5.32 Å². The van der Waals surface area contributed by atoms with Crippen LogP contribution < -0.4 is 14.8 Å². The van der Waals surface area contributed by atoms with Crippen molar-refractivity contribution in [2.24, 2.45) is 0 Å². The van der Waals surface area contributed by atoms with Crippen molar-refractivity contribution in [1.29, 1.82) is 0 Å². The Balaban J connectivity index is 2.12. The van der Waals surface area contributed by atoms with Gasteiger partial charge in [-0.3, -0.25) is 0 Å². The van der Waals surface area contributed by atoms with Gasteiger partial charge in [0.2, 0.25) is 0 Å². The molecule has 0 heterocycles. The first kappa shape index (κ1) is 15.4. The largest absolute Gasteiger partial charge is 0.497 e. The molecule has 0 spiro atoms. The SMILES string of the molecule is CNC(C)c1ccc(C)cc1OCc1ccc(OC)cc1. The fraction of sp³-hybridized carbons (Fsp3) is 0.333. The van der Waals surface area contributed by atoms with Crippen molar-refractivity contribution >= 4 is 0 Å². The number of rotatable bonds is 6. The number of nitrogens with one attached hydrogen (secondary N) is 1. The monoisotopic (exact) mass is 285 g/mol. The number of hydrogen-bond donors (Lipinski definition) is 1. The van der Waals surface area contributed by atoms with Gasteiger partial charge in [-0.15, -0.1) is 0 Å². The predicted molar refractivity (Wildman–Crippen MR) is 86.0 cm³/mol. The van der Waals surface area contributed by atoms with Gasteiger partial charge < -0.3 is 14.8 Å². The molecule has 0 fully saturated rings. The Morgan fingerprint density at radius 3 is 2.43 bits per heavy atom. The normalized spacial score (nSPS) is 12.0. The van der Waals surface area contributed by atoms with E-state index < -0.39 is 0 Å². The molecule has 112 valence electrons. The lowest BCUT2D eigenvalue weighted by molar-refractivity contribution is 0.300. The van der Waals surface area contributed by atoms with Crippen LogP contribution in [0, 0.1) is 6.92 Å². The Labute approximate surface area is 126 Å². The zero-order chi connectivity index (χ0) is 15.2.